The van der Waals surface area contributed by atoms with Gasteiger partial charge in [0.15, 0.2) is 0 Å². The number of hydrogen-bond acceptors (Lipinski definition) is 3. The normalized spacial score (nSPS) is 14.8. The molecular formula is C17H13F5N2O3S. The van der Waals surface area contributed by atoms with Gasteiger partial charge in [-0.2, -0.15) is 21.6 Å². The number of benzene rings is 2. The van der Waals surface area contributed by atoms with Gasteiger partial charge in [0.2, 0.25) is 0 Å². The second kappa shape index (κ2) is 7.04. The van der Waals surface area contributed by atoms with E-state index in [0.29, 0.717) is 0 Å². The molecule has 5 nitrogen and oxygen atoms in total. The topological polar surface area (TPSA) is 66.5 Å². The van der Waals surface area contributed by atoms with Crippen molar-refractivity contribution in [3.63, 3.8) is 0 Å². The van der Waals surface area contributed by atoms with Crippen molar-refractivity contribution in [3.8, 4) is 0 Å². The third-order valence-corrected chi connectivity index (χ3v) is 5.36. The quantitative estimate of drug-likeness (QED) is 0.771. The molecule has 0 fully saturated rings. The molecule has 11 heteroatoms. The van der Waals surface area contributed by atoms with Gasteiger partial charge in [-0.1, -0.05) is 18.2 Å². The Morgan fingerprint density at radius 3 is 2.36 bits per heavy atom. The molecule has 0 aromatic heterocycles. The van der Waals surface area contributed by atoms with Crippen LogP contribution in [0.4, 0.5) is 27.6 Å². The molecule has 0 aliphatic carbocycles. The second-order valence-electron chi connectivity index (χ2n) is 6.07. The van der Waals surface area contributed by atoms with Gasteiger partial charge in [0.05, 0.1) is 11.3 Å². The minimum Gasteiger partial charge on any atom is -0.334 e. The average Bonchev–Trinajstić information content (AvgIpc) is 2.60. The smallest absolute Gasteiger partial charge is 0.334 e. The fraction of sp³-hybridized carbons (Fsp3) is 0.235. The van der Waals surface area contributed by atoms with Crippen LogP contribution in [0.15, 0.2) is 36.4 Å². The SMILES string of the molecule is O=C1c2c(F)ccc(F)c2CCN1Cc1ccccc1NS(=O)(=O)C(F)(F)F. The van der Waals surface area contributed by atoms with Crippen molar-refractivity contribution in [2.24, 2.45) is 0 Å². The van der Waals surface area contributed by atoms with Gasteiger partial charge in [-0.25, -0.2) is 8.78 Å². The second-order valence-corrected chi connectivity index (χ2v) is 7.74. The number of nitrogens with zero attached hydrogens (tertiary/aromatic N) is 1. The lowest BCUT2D eigenvalue weighted by Crippen LogP contribution is -2.38. The molecule has 28 heavy (non-hydrogen) atoms. The predicted octanol–water partition coefficient (Wildman–Crippen LogP) is 3.42. The summed E-state index contributed by atoms with van der Waals surface area (Å²) in [5.74, 6) is -2.45. The van der Waals surface area contributed by atoms with Gasteiger partial charge in [-0.15, -0.1) is 0 Å². The molecule has 0 saturated heterocycles. The summed E-state index contributed by atoms with van der Waals surface area (Å²) in [6.07, 6.45) is 0.0150. The zero-order valence-corrected chi connectivity index (χ0v) is 14.9. The Bertz CT molecular complexity index is 1040. The highest BCUT2D eigenvalue weighted by molar-refractivity contribution is 7.93. The maximum atomic E-state index is 14.0. The van der Waals surface area contributed by atoms with Crippen molar-refractivity contribution >= 4 is 21.6 Å². The van der Waals surface area contributed by atoms with Crippen molar-refractivity contribution in [1.29, 1.82) is 0 Å². The number of fused-ring (bicyclic) bond motifs is 1. The molecule has 0 saturated carbocycles. The Hall–Kier alpha value is -2.69. The number of nitrogens with one attached hydrogen (secondary N) is 1. The van der Waals surface area contributed by atoms with Gasteiger partial charge >= 0.3 is 15.5 Å². The molecule has 1 heterocycles. The minimum atomic E-state index is -5.65. The molecule has 1 amide bonds. The minimum absolute atomic E-state index is 0.00738. The molecule has 0 bridgehead atoms. The Labute approximate surface area is 156 Å². The largest absolute Gasteiger partial charge is 0.516 e. The number of anilines is 1. The average molecular weight is 420 g/mol. The number of para-hydroxylation sites is 1. The molecule has 2 aromatic rings. The first-order valence-corrected chi connectivity index (χ1v) is 9.42. The number of halogens is 5. The van der Waals surface area contributed by atoms with Crippen molar-refractivity contribution in [2.45, 2.75) is 18.5 Å². The standard InChI is InChI=1S/C17H13F5N2O3S/c18-12-5-6-13(19)15-11(12)7-8-24(16(15)25)9-10-3-1-2-4-14(10)23-28(26,27)17(20,21)22/h1-6,23H,7-9H2. The van der Waals surface area contributed by atoms with E-state index in [2.05, 4.69) is 0 Å². The van der Waals surface area contributed by atoms with E-state index in [9.17, 15) is 35.2 Å². The molecule has 0 spiro atoms. The zero-order valence-electron chi connectivity index (χ0n) is 14.1. The van der Waals surface area contributed by atoms with Crippen LogP contribution in [0, 0.1) is 11.6 Å². The Balaban J connectivity index is 1.90. The van der Waals surface area contributed by atoms with Crippen LogP contribution in [0.5, 0.6) is 0 Å². The van der Waals surface area contributed by atoms with Crippen LogP contribution in [0.1, 0.15) is 21.5 Å². The highest BCUT2D eigenvalue weighted by atomic mass is 32.2. The predicted molar refractivity (Wildman–Crippen MR) is 89.8 cm³/mol. The summed E-state index contributed by atoms with van der Waals surface area (Å²) in [5.41, 5.74) is -6.30. The van der Waals surface area contributed by atoms with E-state index in [4.69, 9.17) is 0 Å². The molecule has 1 N–H and O–H groups in total. The number of carbonyl (C=O) groups is 1. The molecule has 1 aliphatic rings. The summed E-state index contributed by atoms with van der Waals surface area (Å²) < 4.78 is 89.9. The number of alkyl halides is 3. The Kier molecular flexibility index (Phi) is 5.04. The van der Waals surface area contributed by atoms with Crippen LogP contribution in [0.2, 0.25) is 0 Å². The third-order valence-electron chi connectivity index (χ3n) is 4.27. The van der Waals surface area contributed by atoms with Crippen LogP contribution < -0.4 is 4.72 Å². The first-order chi connectivity index (χ1) is 13.0. The van der Waals surface area contributed by atoms with Gasteiger partial charge in [-0.3, -0.25) is 9.52 Å². The maximum Gasteiger partial charge on any atom is 0.516 e. The van der Waals surface area contributed by atoms with Gasteiger partial charge in [-0.05, 0) is 30.2 Å². The number of sulfonamides is 1. The van der Waals surface area contributed by atoms with E-state index >= 15 is 0 Å². The fourth-order valence-corrected chi connectivity index (χ4v) is 3.50. The molecular weight excluding hydrogens is 407 g/mol. The first kappa shape index (κ1) is 20.1. The third kappa shape index (κ3) is 3.66. The lowest BCUT2D eigenvalue weighted by Gasteiger charge is -2.29. The fourth-order valence-electron chi connectivity index (χ4n) is 2.89. The Morgan fingerprint density at radius 1 is 1.04 bits per heavy atom. The number of amides is 1. The van der Waals surface area contributed by atoms with E-state index in [-0.39, 0.29) is 36.3 Å². The van der Waals surface area contributed by atoms with Crippen LogP contribution in [-0.2, 0) is 23.0 Å². The Morgan fingerprint density at radius 2 is 1.68 bits per heavy atom. The van der Waals surface area contributed by atoms with Crippen molar-refractivity contribution in [3.05, 3.63) is 64.7 Å². The van der Waals surface area contributed by atoms with E-state index in [0.717, 1.165) is 23.1 Å². The van der Waals surface area contributed by atoms with Gasteiger partial charge in [0, 0.05) is 18.7 Å². The summed E-state index contributed by atoms with van der Waals surface area (Å²) in [6.45, 7) is -0.294. The molecule has 0 unspecified atom stereocenters. The van der Waals surface area contributed by atoms with Crippen LogP contribution in [0.25, 0.3) is 0 Å². The summed E-state index contributed by atoms with van der Waals surface area (Å²) >= 11 is 0. The molecule has 0 atom stereocenters. The number of rotatable bonds is 4. The number of hydrogen-bond donors (Lipinski definition) is 1. The summed E-state index contributed by atoms with van der Waals surface area (Å²) in [7, 11) is -5.65. The highest BCUT2D eigenvalue weighted by Crippen LogP contribution is 2.29. The van der Waals surface area contributed by atoms with Crippen molar-refractivity contribution in [1.82, 2.24) is 4.90 Å². The monoisotopic (exact) mass is 420 g/mol. The van der Waals surface area contributed by atoms with Crippen molar-refractivity contribution in [2.75, 3.05) is 11.3 Å². The van der Waals surface area contributed by atoms with Crippen LogP contribution >= 0.6 is 0 Å². The van der Waals surface area contributed by atoms with Crippen molar-refractivity contribution < 1.29 is 35.2 Å². The zero-order chi connectivity index (χ0) is 20.7. The summed E-state index contributed by atoms with van der Waals surface area (Å²) in [5, 5.41) is 0. The van der Waals surface area contributed by atoms with E-state index in [1.165, 1.54) is 22.9 Å². The lowest BCUT2D eigenvalue weighted by molar-refractivity contribution is -0.0429. The maximum absolute atomic E-state index is 14.0. The van der Waals surface area contributed by atoms with E-state index in [1.807, 2.05) is 0 Å². The van der Waals surface area contributed by atoms with Gasteiger partial charge in [0.1, 0.15) is 11.6 Å². The molecule has 0 radical (unpaired) electrons. The highest BCUT2D eigenvalue weighted by Gasteiger charge is 2.46. The number of carbonyl (C=O) groups excluding carboxylic acids is 1. The van der Waals surface area contributed by atoms with E-state index in [1.54, 1.807) is 0 Å². The lowest BCUT2D eigenvalue weighted by atomic mass is 9.97. The summed E-state index contributed by atoms with van der Waals surface area (Å²) in [4.78, 5) is 13.7. The van der Waals surface area contributed by atoms with Crippen LogP contribution in [-0.4, -0.2) is 31.3 Å². The molecule has 150 valence electrons. The van der Waals surface area contributed by atoms with Crippen LogP contribution in [0.3, 0.4) is 0 Å². The first-order valence-electron chi connectivity index (χ1n) is 7.94. The van der Waals surface area contributed by atoms with Gasteiger partial charge < -0.3 is 4.90 Å². The van der Waals surface area contributed by atoms with E-state index < -0.39 is 38.6 Å². The summed E-state index contributed by atoms with van der Waals surface area (Å²) in [6, 6.07) is 6.95. The molecule has 1 aliphatic heterocycles. The molecule has 2 aromatic carbocycles. The molecule has 3 rings (SSSR count). The van der Waals surface area contributed by atoms with Gasteiger partial charge in [0.25, 0.3) is 5.91 Å².